The summed E-state index contributed by atoms with van der Waals surface area (Å²) in [5.74, 6) is 1.09. The molecule has 2 rings (SSSR count). The molecule has 15 heavy (non-hydrogen) atoms. The Morgan fingerprint density at radius 2 is 2.07 bits per heavy atom. The van der Waals surface area contributed by atoms with Crippen molar-refractivity contribution in [3.8, 4) is 0 Å². The Labute approximate surface area is 92.1 Å². The van der Waals surface area contributed by atoms with Gasteiger partial charge in [0.1, 0.15) is 0 Å². The van der Waals surface area contributed by atoms with Crippen molar-refractivity contribution in [2.24, 2.45) is 5.92 Å². The number of aliphatic hydroxyl groups excluding tert-OH is 1. The number of benzene rings is 1. The Bertz CT molecular complexity index is 330. The van der Waals surface area contributed by atoms with E-state index >= 15 is 0 Å². The summed E-state index contributed by atoms with van der Waals surface area (Å²) in [6.45, 7) is 4.17. The van der Waals surface area contributed by atoms with Gasteiger partial charge in [0, 0.05) is 0 Å². The van der Waals surface area contributed by atoms with Crippen LogP contribution < -0.4 is 0 Å². The minimum Gasteiger partial charge on any atom is -0.393 e. The number of fused-ring (bicyclic) bond motifs is 1. The largest absolute Gasteiger partial charge is 0.393 e. The highest BCUT2D eigenvalue weighted by molar-refractivity contribution is 5.39. The number of hydrogen-bond acceptors (Lipinski definition) is 1. The number of hydrogen-bond donors (Lipinski definition) is 1. The highest BCUT2D eigenvalue weighted by atomic mass is 16.3. The quantitative estimate of drug-likeness (QED) is 0.799. The molecule has 0 bridgehead atoms. The van der Waals surface area contributed by atoms with Crippen LogP contribution in [-0.4, -0.2) is 11.2 Å². The lowest BCUT2D eigenvalue weighted by Gasteiger charge is -2.31. The first-order valence-electron chi connectivity index (χ1n) is 5.94. The standard InChI is InChI=1S/C14H20O/c1-10(2)14(15)8-7-12-9-11-5-3-4-6-13(11)12/h3-6,10,12,14-15H,7-9H2,1-2H3. The van der Waals surface area contributed by atoms with E-state index in [1.54, 1.807) is 0 Å². The van der Waals surface area contributed by atoms with Gasteiger partial charge in [-0.05, 0) is 42.2 Å². The van der Waals surface area contributed by atoms with Gasteiger partial charge < -0.3 is 5.11 Å². The minimum atomic E-state index is -0.127. The monoisotopic (exact) mass is 204 g/mol. The zero-order chi connectivity index (χ0) is 10.8. The molecule has 1 aromatic carbocycles. The van der Waals surface area contributed by atoms with Gasteiger partial charge in [0.25, 0.3) is 0 Å². The lowest BCUT2D eigenvalue weighted by atomic mass is 9.74. The molecular formula is C14H20O. The zero-order valence-electron chi connectivity index (χ0n) is 9.61. The van der Waals surface area contributed by atoms with E-state index < -0.39 is 0 Å². The molecule has 1 aromatic rings. The van der Waals surface area contributed by atoms with Gasteiger partial charge in [-0.25, -0.2) is 0 Å². The number of aliphatic hydroxyl groups is 1. The molecule has 0 aromatic heterocycles. The first kappa shape index (κ1) is 10.7. The SMILES string of the molecule is CC(C)C(O)CCC1Cc2ccccc21. The Balaban J connectivity index is 1.85. The van der Waals surface area contributed by atoms with Crippen LogP contribution in [0.15, 0.2) is 24.3 Å². The highest BCUT2D eigenvalue weighted by Crippen LogP contribution is 2.38. The van der Waals surface area contributed by atoms with Crippen molar-refractivity contribution in [3.63, 3.8) is 0 Å². The van der Waals surface area contributed by atoms with Gasteiger partial charge >= 0.3 is 0 Å². The minimum absolute atomic E-state index is 0.127. The first-order chi connectivity index (χ1) is 7.18. The molecule has 0 radical (unpaired) electrons. The fraction of sp³-hybridized carbons (Fsp3) is 0.571. The smallest absolute Gasteiger partial charge is 0.0563 e. The fourth-order valence-corrected chi connectivity index (χ4v) is 2.33. The second-order valence-corrected chi connectivity index (χ2v) is 4.99. The van der Waals surface area contributed by atoms with Gasteiger partial charge in [-0.1, -0.05) is 38.1 Å². The van der Waals surface area contributed by atoms with E-state index in [1.165, 1.54) is 17.5 Å². The van der Waals surface area contributed by atoms with Crippen molar-refractivity contribution >= 4 is 0 Å². The molecule has 1 heteroatoms. The summed E-state index contributed by atoms with van der Waals surface area (Å²) >= 11 is 0. The summed E-state index contributed by atoms with van der Waals surface area (Å²) in [5, 5.41) is 9.74. The Hall–Kier alpha value is -0.820. The van der Waals surface area contributed by atoms with Crippen LogP contribution in [0.1, 0.15) is 43.7 Å². The second kappa shape index (κ2) is 4.36. The van der Waals surface area contributed by atoms with Crippen molar-refractivity contribution in [1.29, 1.82) is 0 Å². The molecule has 0 spiro atoms. The van der Waals surface area contributed by atoms with Gasteiger partial charge in [0.15, 0.2) is 0 Å². The van der Waals surface area contributed by atoms with E-state index in [1.807, 2.05) is 0 Å². The summed E-state index contributed by atoms with van der Waals surface area (Å²) < 4.78 is 0. The average Bonchev–Trinajstić information content (AvgIpc) is 2.19. The third-order valence-corrected chi connectivity index (χ3v) is 3.54. The molecule has 0 amide bonds. The molecule has 1 N–H and O–H groups in total. The lowest BCUT2D eigenvalue weighted by molar-refractivity contribution is 0.110. The first-order valence-corrected chi connectivity index (χ1v) is 5.94. The normalized spacial score (nSPS) is 20.9. The van der Waals surface area contributed by atoms with Gasteiger partial charge in [-0.2, -0.15) is 0 Å². The van der Waals surface area contributed by atoms with E-state index in [-0.39, 0.29) is 6.10 Å². The maximum atomic E-state index is 9.74. The van der Waals surface area contributed by atoms with E-state index in [0.29, 0.717) is 11.8 Å². The molecule has 0 fully saturated rings. The van der Waals surface area contributed by atoms with Crippen molar-refractivity contribution in [2.75, 3.05) is 0 Å². The molecule has 1 aliphatic rings. The molecule has 0 saturated heterocycles. The molecule has 82 valence electrons. The Morgan fingerprint density at radius 3 is 2.73 bits per heavy atom. The van der Waals surface area contributed by atoms with Gasteiger partial charge in [0.2, 0.25) is 0 Å². The topological polar surface area (TPSA) is 20.2 Å². The third kappa shape index (κ3) is 2.23. The second-order valence-electron chi connectivity index (χ2n) is 4.99. The molecule has 2 atom stereocenters. The van der Waals surface area contributed by atoms with Crippen LogP contribution in [0.25, 0.3) is 0 Å². The van der Waals surface area contributed by atoms with E-state index in [4.69, 9.17) is 0 Å². The van der Waals surface area contributed by atoms with Crippen molar-refractivity contribution in [1.82, 2.24) is 0 Å². The van der Waals surface area contributed by atoms with Gasteiger partial charge in [0.05, 0.1) is 6.10 Å². The summed E-state index contributed by atoms with van der Waals surface area (Å²) in [5.41, 5.74) is 3.01. The lowest BCUT2D eigenvalue weighted by Crippen LogP contribution is -2.21. The summed E-state index contributed by atoms with van der Waals surface area (Å²) in [4.78, 5) is 0. The molecular weight excluding hydrogens is 184 g/mol. The summed E-state index contributed by atoms with van der Waals surface area (Å²) in [7, 11) is 0. The molecule has 2 unspecified atom stereocenters. The maximum absolute atomic E-state index is 9.74. The van der Waals surface area contributed by atoms with Crippen LogP contribution in [0.5, 0.6) is 0 Å². The molecule has 0 aliphatic heterocycles. The molecule has 1 aliphatic carbocycles. The maximum Gasteiger partial charge on any atom is 0.0563 e. The fourth-order valence-electron chi connectivity index (χ4n) is 2.33. The highest BCUT2D eigenvalue weighted by Gasteiger charge is 2.25. The van der Waals surface area contributed by atoms with E-state index in [2.05, 4.69) is 38.1 Å². The van der Waals surface area contributed by atoms with E-state index in [9.17, 15) is 5.11 Å². The van der Waals surface area contributed by atoms with Crippen LogP contribution in [0.4, 0.5) is 0 Å². The molecule has 1 nitrogen and oxygen atoms in total. The Kier molecular flexibility index (Phi) is 3.11. The van der Waals surface area contributed by atoms with Crippen molar-refractivity contribution < 1.29 is 5.11 Å². The van der Waals surface area contributed by atoms with E-state index in [0.717, 1.165) is 12.8 Å². The predicted octanol–water partition coefficient (Wildman–Crippen LogP) is 3.12. The zero-order valence-corrected chi connectivity index (χ0v) is 9.61. The average molecular weight is 204 g/mol. The molecule has 0 heterocycles. The van der Waals surface area contributed by atoms with Crippen LogP contribution in [0.2, 0.25) is 0 Å². The van der Waals surface area contributed by atoms with Gasteiger partial charge in [-0.3, -0.25) is 0 Å². The van der Waals surface area contributed by atoms with Crippen molar-refractivity contribution in [2.45, 2.75) is 45.1 Å². The predicted molar refractivity (Wildman–Crippen MR) is 63.0 cm³/mol. The van der Waals surface area contributed by atoms with Crippen LogP contribution in [0.3, 0.4) is 0 Å². The summed E-state index contributed by atoms with van der Waals surface area (Å²) in [6, 6.07) is 8.66. The Morgan fingerprint density at radius 1 is 1.33 bits per heavy atom. The van der Waals surface area contributed by atoms with Crippen LogP contribution >= 0.6 is 0 Å². The third-order valence-electron chi connectivity index (χ3n) is 3.54. The van der Waals surface area contributed by atoms with Crippen molar-refractivity contribution in [3.05, 3.63) is 35.4 Å². The van der Waals surface area contributed by atoms with Gasteiger partial charge in [-0.15, -0.1) is 0 Å². The number of rotatable bonds is 4. The van der Waals surface area contributed by atoms with Crippen LogP contribution in [-0.2, 0) is 6.42 Å². The van der Waals surface area contributed by atoms with Crippen LogP contribution in [0, 0.1) is 5.92 Å². The summed E-state index contributed by atoms with van der Waals surface area (Å²) in [6.07, 6.45) is 3.16. The molecule has 0 saturated carbocycles.